The number of ether oxygens (including phenoxy) is 2. The van der Waals surface area contributed by atoms with Crippen LogP contribution in [0.3, 0.4) is 0 Å². The van der Waals surface area contributed by atoms with Crippen molar-refractivity contribution in [2.75, 3.05) is 6.61 Å². The Morgan fingerprint density at radius 2 is 1.74 bits per heavy atom. The zero-order valence-electron chi connectivity index (χ0n) is 9.73. The summed E-state index contributed by atoms with van der Waals surface area (Å²) in [6.45, 7) is 2.21. The van der Waals surface area contributed by atoms with E-state index in [4.69, 9.17) is 44.3 Å². The molecule has 5 nitrogen and oxygen atoms in total. The summed E-state index contributed by atoms with van der Waals surface area (Å²) in [5, 5.41) is 0.774. The van der Waals surface area contributed by atoms with Crippen LogP contribution in [0.5, 0.6) is 17.8 Å². The lowest BCUT2D eigenvalue weighted by Gasteiger charge is -2.06. The minimum atomic E-state index is -0.0199. The zero-order valence-corrected chi connectivity index (χ0v) is 12.0. The molecule has 2 aromatic rings. The van der Waals surface area contributed by atoms with Crippen LogP contribution >= 0.6 is 34.8 Å². The molecule has 0 bridgehead atoms. The second-order valence-corrected chi connectivity index (χ2v) is 4.43. The monoisotopic (exact) mass is 319 g/mol. The molecule has 0 fully saturated rings. The van der Waals surface area contributed by atoms with Crippen molar-refractivity contribution in [3.05, 3.63) is 33.5 Å². The normalized spacial score (nSPS) is 10.3. The van der Waals surface area contributed by atoms with Crippen LogP contribution in [-0.2, 0) is 0 Å². The second kappa shape index (κ2) is 6.23. The van der Waals surface area contributed by atoms with E-state index in [1.54, 1.807) is 25.1 Å². The first-order valence-corrected chi connectivity index (χ1v) is 6.39. The molecule has 0 amide bonds. The van der Waals surface area contributed by atoms with Gasteiger partial charge in [0, 0.05) is 6.07 Å². The molecule has 2 rings (SSSR count). The Balaban J connectivity index is 2.24. The molecule has 1 heterocycles. The third-order valence-corrected chi connectivity index (χ3v) is 2.85. The van der Waals surface area contributed by atoms with Gasteiger partial charge in [-0.1, -0.05) is 23.2 Å². The summed E-state index contributed by atoms with van der Waals surface area (Å²) in [4.78, 5) is 11.6. The number of hydrogen-bond acceptors (Lipinski definition) is 5. The molecule has 0 N–H and O–H groups in total. The van der Waals surface area contributed by atoms with Crippen LogP contribution in [-0.4, -0.2) is 21.6 Å². The van der Waals surface area contributed by atoms with E-state index >= 15 is 0 Å². The van der Waals surface area contributed by atoms with Crippen LogP contribution in [0, 0.1) is 0 Å². The lowest BCUT2D eigenvalue weighted by atomic mass is 10.3. The maximum atomic E-state index is 5.88. The molecule has 1 aromatic carbocycles. The Hall–Kier alpha value is -1.30. The van der Waals surface area contributed by atoms with Crippen LogP contribution in [0.2, 0.25) is 15.3 Å². The van der Waals surface area contributed by atoms with E-state index in [0.717, 1.165) is 0 Å². The summed E-state index contributed by atoms with van der Waals surface area (Å²) in [5.41, 5.74) is 0. The van der Waals surface area contributed by atoms with Crippen LogP contribution < -0.4 is 9.47 Å². The summed E-state index contributed by atoms with van der Waals surface area (Å²) in [7, 11) is 0. The molecular formula is C11H8Cl3N3O2. The van der Waals surface area contributed by atoms with Gasteiger partial charge in [-0.15, -0.1) is 4.98 Å². The van der Waals surface area contributed by atoms with Crippen molar-refractivity contribution in [2.45, 2.75) is 6.92 Å². The van der Waals surface area contributed by atoms with Crippen molar-refractivity contribution >= 4 is 34.8 Å². The van der Waals surface area contributed by atoms with Crippen LogP contribution in [0.25, 0.3) is 0 Å². The zero-order chi connectivity index (χ0) is 13.8. The molecule has 0 unspecified atom stereocenters. The minimum Gasteiger partial charge on any atom is -0.464 e. The Labute approximate surface area is 124 Å². The fourth-order valence-corrected chi connectivity index (χ4v) is 1.63. The van der Waals surface area contributed by atoms with Crippen molar-refractivity contribution in [3.63, 3.8) is 0 Å². The highest BCUT2D eigenvalue weighted by Crippen LogP contribution is 2.28. The third kappa shape index (κ3) is 3.83. The molecule has 0 saturated heterocycles. The molecule has 0 spiro atoms. The summed E-state index contributed by atoms with van der Waals surface area (Å²) < 4.78 is 10.5. The van der Waals surface area contributed by atoms with E-state index in [1.165, 1.54) is 0 Å². The van der Waals surface area contributed by atoms with Gasteiger partial charge in [0.05, 0.1) is 16.7 Å². The van der Waals surface area contributed by atoms with Crippen LogP contribution in [0.15, 0.2) is 18.2 Å². The van der Waals surface area contributed by atoms with Crippen molar-refractivity contribution in [3.8, 4) is 17.8 Å². The maximum Gasteiger partial charge on any atom is 0.329 e. The summed E-state index contributed by atoms with van der Waals surface area (Å²) in [5.74, 6) is 0.430. The van der Waals surface area contributed by atoms with E-state index < -0.39 is 0 Å². The average Bonchev–Trinajstić information content (AvgIpc) is 2.33. The maximum absolute atomic E-state index is 5.88. The summed E-state index contributed by atoms with van der Waals surface area (Å²) in [6.07, 6.45) is 0. The van der Waals surface area contributed by atoms with Gasteiger partial charge >= 0.3 is 12.0 Å². The van der Waals surface area contributed by atoms with Gasteiger partial charge in [-0.3, -0.25) is 0 Å². The Bertz CT molecular complexity index is 595. The van der Waals surface area contributed by atoms with Gasteiger partial charge in [-0.25, -0.2) is 0 Å². The van der Waals surface area contributed by atoms with Gasteiger partial charge in [0.25, 0.3) is 0 Å². The van der Waals surface area contributed by atoms with E-state index in [-0.39, 0.29) is 17.3 Å². The number of aromatic nitrogens is 3. The molecule has 0 aliphatic carbocycles. The van der Waals surface area contributed by atoms with Crippen molar-refractivity contribution in [1.29, 1.82) is 0 Å². The van der Waals surface area contributed by atoms with Crippen LogP contribution in [0.4, 0.5) is 0 Å². The molecular weight excluding hydrogens is 312 g/mol. The lowest BCUT2D eigenvalue weighted by molar-refractivity contribution is 0.303. The summed E-state index contributed by atoms with van der Waals surface area (Å²) >= 11 is 17.4. The fourth-order valence-electron chi connectivity index (χ4n) is 1.20. The van der Waals surface area contributed by atoms with Gasteiger partial charge in [-0.2, -0.15) is 9.97 Å². The lowest BCUT2D eigenvalue weighted by Crippen LogP contribution is -2.01. The Kier molecular flexibility index (Phi) is 4.63. The van der Waals surface area contributed by atoms with E-state index in [0.29, 0.717) is 22.4 Å². The largest absolute Gasteiger partial charge is 0.464 e. The van der Waals surface area contributed by atoms with Crippen molar-refractivity contribution in [1.82, 2.24) is 15.0 Å². The first-order valence-electron chi connectivity index (χ1n) is 5.25. The van der Waals surface area contributed by atoms with Crippen molar-refractivity contribution < 1.29 is 9.47 Å². The Morgan fingerprint density at radius 1 is 1.00 bits per heavy atom. The molecule has 1 aromatic heterocycles. The fraction of sp³-hybridized carbons (Fsp3) is 0.182. The third-order valence-electron chi connectivity index (χ3n) is 1.94. The Morgan fingerprint density at radius 3 is 2.42 bits per heavy atom. The molecule has 100 valence electrons. The standard InChI is InChI=1S/C11H8Cl3N3O2/c1-2-18-10-15-9(14)16-11(17-10)19-6-3-4-7(12)8(13)5-6/h3-5H,2H2,1H3. The molecule has 8 heteroatoms. The molecule has 0 saturated carbocycles. The van der Waals surface area contributed by atoms with Gasteiger partial charge in [-0.05, 0) is 30.7 Å². The average molecular weight is 321 g/mol. The smallest absolute Gasteiger partial charge is 0.329 e. The molecule has 19 heavy (non-hydrogen) atoms. The number of rotatable bonds is 4. The number of hydrogen-bond donors (Lipinski definition) is 0. The highest BCUT2D eigenvalue weighted by molar-refractivity contribution is 6.42. The van der Waals surface area contributed by atoms with Gasteiger partial charge in [0.1, 0.15) is 5.75 Å². The van der Waals surface area contributed by atoms with E-state index in [9.17, 15) is 0 Å². The molecule has 0 radical (unpaired) electrons. The molecule has 0 aliphatic rings. The minimum absolute atomic E-state index is 0.0156. The highest BCUT2D eigenvalue weighted by Gasteiger charge is 2.09. The van der Waals surface area contributed by atoms with E-state index in [1.807, 2.05) is 0 Å². The van der Waals surface area contributed by atoms with Gasteiger partial charge < -0.3 is 9.47 Å². The molecule has 0 aliphatic heterocycles. The predicted octanol–water partition coefficient (Wildman–Crippen LogP) is 4.02. The van der Waals surface area contributed by atoms with Gasteiger partial charge in [0.2, 0.25) is 5.28 Å². The number of nitrogens with zero attached hydrogens (tertiary/aromatic N) is 3. The SMILES string of the molecule is CCOc1nc(Cl)nc(Oc2ccc(Cl)c(Cl)c2)n1. The molecule has 0 atom stereocenters. The first-order chi connectivity index (χ1) is 9.08. The van der Waals surface area contributed by atoms with Crippen molar-refractivity contribution in [2.24, 2.45) is 0 Å². The number of halogens is 3. The predicted molar refractivity (Wildman–Crippen MR) is 72.5 cm³/mol. The number of benzene rings is 1. The van der Waals surface area contributed by atoms with Gasteiger partial charge in [0.15, 0.2) is 0 Å². The highest BCUT2D eigenvalue weighted by atomic mass is 35.5. The quantitative estimate of drug-likeness (QED) is 0.851. The summed E-state index contributed by atoms with van der Waals surface area (Å²) in [6, 6.07) is 4.89. The second-order valence-electron chi connectivity index (χ2n) is 3.28. The topological polar surface area (TPSA) is 57.1 Å². The first kappa shape index (κ1) is 14.1. The van der Waals surface area contributed by atoms with Crippen LogP contribution in [0.1, 0.15) is 6.92 Å². The van der Waals surface area contributed by atoms with E-state index in [2.05, 4.69) is 15.0 Å².